The third kappa shape index (κ3) is 4.66. The second-order valence-corrected chi connectivity index (χ2v) is 8.42. The molecule has 0 saturated heterocycles. The Morgan fingerprint density at radius 3 is 2.53 bits per heavy atom. The van der Waals surface area contributed by atoms with Crippen molar-refractivity contribution in [1.82, 2.24) is 19.6 Å². The molecule has 0 radical (unpaired) electrons. The van der Waals surface area contributed by atoms with Crippen LogP contribution in [-0.4, -0.2) is 49.1 Å². The van der Waals surface area contributed by atoms with E-state index in [4.69, 9.17) is 33.0 Å². The average molecular weight is 505 g/mol. The number of benzene rings is 1. The Kier molecular flexibility index (Phi) is 6.28. The molecule has 0 aliphatic rings. The predicted octanol–water partition coefficient (Wildman–Crippen LogP) is 4.58. The van der Waals surface area contributed by atoms with E-state index in [-0.39, 0.29) is 17.3 Å². The summed E-state index contributed by atoms with van der Waals surface area (Å²) in [6.07, 6.45) is -3.25. The van der Waals surface area contributed by atoms with Crippen molar-refractivity contribution in [1.29, 1.82) is 0 Å². The highest BCUT2D eigenvalue weighted by Gasteiger charge is 2.32. The Bertz CT molecular complexity index is 1280. The van der Waals surface area contributed by atoms with Crippen LogP contribution in [0.5, 0.6) is 5.75 Å². The molecule has 3 aromatic heterocycles. The quantitative estimate of drug-likeness (QED) is 0.399. The number of imidazole rings is 1. The van der Waals surface area contributed by atoms with Gasteiger partial charge in [0, 0.05) is 18.0 Å². The van der Waals surface area contributed by atoms with Crippen molar-refractivity contribution in [2.75, 3.05) is 13.2 Å². The van der Waals surface area contributed by atoms with Gasteiger partial charge in [0.1, 0.15) is 29.2 Å². The summed E-state index contributed by atoms with van der Waals surface area (Å²) in [5.41, 5.74) is 0.143. The standard InChI is InChI=1S/C19H13Cl2F3N4O3S/c20-13-4-11(31-8-10(30)7-29)1-2-12(13)17-26-27-18(32-17)15-6-28-5-9(19(22,23)24)3-14(21)16(28)25-15/h1-6,10,29-30H,7-8H2. The van der Waals surface area contributed by atoms with Crippen LogP contribution in [0.1, 0.15) is 5.56 Å². The molecule has 1 atom stereocenters. The summed E-state index contributed by atoms with van der Waals surface area (Å²) in [6, 6.07) is 5.63. The molecule has 4 rings (SSSR count). The number of aliphatic hydroxyl groups excluding tert-OH is 2. The van der Waals surface area contributed by atoms with E-state index in [0.717, 1.165) is 23.6 Å². The number of aromatic nitrogens is 4. The van der Waals surface area contributed by atoms with Gasteiger partial charge in [0.05, 0.1) is 22.2 Å². The number of fused-ring (bicyclic) bond motifs is 1. The van der Waals surface area contributed by atoms with Gasteiger partial charge in [0.25, 0.3) is 0 Å². The van der Waals surface area contributed by atoms with Gasteiger partial charge in [0.2, 0.25) is 0 Å². The molecule has 0 fully saturated rings. The van der Waals surface area contributed by atoms with Crippen LogP contribution in [-0.2, 0) is 6.18 Å². The normalized spacial score (nSPS) is 13.0. The topological polar surface area (TPSA) is 92.8 Å². The number of ether oxygens (including phenoxy) is 1. The molecule has 0 bridgehead atoms. The minimum atomic E-state index is -4.54. The molecule has 0 spiro atoms. The maximum absolute atomic E-state index is 13.0. The number of nitrogens with zero attached hydrogens (tertiary/aromatic N) is 4. The first-order chi connectivity index (χ1) is 15.2. The fourth-order valence-electron chi connectivity index (χ4n) is 2.75. The molecule has 0 aliphatic heterocycles. The van der Waals surface area contributed by atoms with Crippen molar-refractivity contribution in [2.45, 2.75) is 12.3 Å². The molecule has 13 heteroatoms. The van der Waals surface area contributed by atoms with Crippen molar-refractivity contribution < 1.29 is 28.1 Å². The van der Waals surface area contributed by atoms with Crippen molar-refractivity contribution in [3.05, 3.63) is 52.3 Å². The van der Waals surface area contributed by atoms with Crippen LogP contribution >= 0.6 is 34.5 Å². The summed E-state index contributed by atoms with van der Waals surface area (Å²) in [4.78, 5) is 4.27. The molecule has 0 amide bonds. The third-order valence-corrected chi connectivity index (χ3v) is 5.87. The lowest BCUT2D eigenvalue weighted by Gasteiger charge is -2.10. The molecule has 32 heavy (non-hydrogen) atoms. The van der Waals surface area contributed by atoms with Crippen LogP contribution < -0.4 is 4.74 Å². The summed E-state index contributed by atoms with van der Waals surface area (Å²) in [7, 11) is 0. The molecule has 1 aromatic carbocycles. The fraction of sp³-hybridized carbons (Fsp3) is 0.211. The van der Waals surface area contributed by atoms with E-state index in [2.05, 4.69) is 15.2 Å². The number of rotatable bonds is 6. The highest BCUT2D eigenvalue weighted by atomic mass is 35.5. The zero-order valence-corrected chi connectivity index (χ0v) is 18.2. The van der Waals surface area contributed by atoms with Gasteiger partial charge in [-0.3, -0.25) is 0 Å². The smallest absolute Gasteiger partial charge is 0.417 e. The Morgan fingerprint density at radius 1 is 1.09 bits per heavy atom. The second-order valence-electron chi connectivity index (χ2n) is 6.63. The van der Waals surface area contributed by atoms with Crippen LogP contribution in [0.2, 0.25) is 10.0 Å². The van der Waals surface area contributed by atoms with Crippen LogP contribution in [0, 0.1) is 0 Å². The number of alkyl halides is 3. The largest absolute Gasteiger partial charge is 0.491 e. The Morgan fingerprint density at radius 2 is 1.84 bits per heavy atom. The highest BCUT2D eigenvalue weighted by molar-refractivity contribution is 7.18. The van der Waals surface area contributed by atoms with Gasteiger partial charge in [0.15, 0.2) is 10.7 Å². The molecular formula is C19H13Cl2F3N4O3S. The summed E-state index contributed by atoms with van der Waals surface area (Å²) < 4.78 is 45.6. The van der Waals surface area contributed by atoms with Gasteiger partial charge >= 0.3 is 6.18 Å². The zero-order valence-electron chi connectivity index (χ0n) is 15.8. The van der Waals surface area contributed by atoms with E-state index in [0.29, 0.717) is 32.0 Å². The molecule has 0 saturated carbocycles. The van der Waals surface area contributed by atoms with Crippen molar-refractivity contribution in [3.8, 4) is 27.0 Å². The van der Waals surface area contributed by atoms with Crippen LogP contribution in [0.3, 0.4) is 0 Å². The minimum Gasteiger partial charge on any atom is -0.491 e. The van der Waals surface area contributed by atoms with Crippen LogP contribution in [0.15, 0.2) is 36.7 Å². The molecule has 7 nitrogen and oxygen atoms in total. The molecule has 4 aromatic rings. The number of pyridine rings is 1. The van der Waals surface area contributed by atoms with Gasteiger partial charge < -0.3 is 19.4 Å². The number of halogens is 5. The second kappa shape index (κ2) is 8.83. The fourth-order valence-corrected chi connectivity index (χ4v) is 4.17. The van der Waals surface area contributed by atoms with Gasteiger partial charge in [-0.25, -0.2) is 4.98 Å². The van der Waals surface area contributed by atoms with Gasteiger partial charge in [-0.1, -0.05) is 34.5 Å². The van der Waals surface area contributed by atoms with Gasteiger partial charge in [-0.15, -0.1) is 10.2 Å². The van der Waals surface area contributed by atoms with E-state index in [1.54, 1.807) is 12.1 Å². The minimum absolute atomic E-state index is 0.0956. The summed E-state index contributed by atoms with van der Waals surface area (Å²) in [5, 5.41) is 27.4. The molecule has 1 unspecified atom stereocenters. The molecule has 2 N–H and O–H groups in total. The van der Waals surface area contributed by atoms with E-state index in [9.17, 15) is 18.3 Å². The Balaban J connectivity index is 1.61. The first-order valence-electron chi connectivity index (χ1n) is 8.96. The van der Waals surface area contributed by atoms with E-state index in [1.807, 2.05) is 0 Å². The lowest BCUT2D eigenvalue weighted by Crippen LogP contribution is -2.21. The van der Waals surface area contributed by atoms with Crippen LogP contribution in [0.25, 0.3) is 26.9 Å². The lowest BCUT2D eigenvalue weighted by molar-refractivity contribution is -0.137. The number of aliphatic hydroxyl groups is 2. The Hall–Kier alpha value is -2.44. The lowest BCUT2D eigenvalue weighted by atomic mass is 10.2. The van der Waals surface area contributed by atoms with Crippen molar-refractivity contribution >= 4 is 40.2 Å². The first-order valence-corrected chi connectivity index (χ1v) is 10.5. The summed E-state index contributed by atoms with van der Waals surface area (Å²) in [6.45, 7) is -0.521. The van der Waals surface area contributed by atoms with E-state index < -0.39 is 24.5 Å². The number of hydrogen-bond acceptors (Lipinski definition) is 7. The summed E-state index contributed by atoms with van der Waals surface area (Å²) in [5.74, 6) is 0.395. The monoisotopic (exact) mass is 504 g/mol. The van der Waals surface area contributed by atoms with Gasteiger partial charge in [-0.2, -0.15) is 13.2 Å². The predicted molar refractivity (Wildman–Crippen MR) is 113 cm³/mol. The first kappa shape index (κ1) is 22.7. The average Bonchev–Trinajstić information content (AvgIpc) is 3.38. The molecule has 3 heterocycles. The zero-order chi connectivity index (χ0) is 23.0. The van der Waals surface area contributed by atoms with Crippen molar-refractivity contribution in [2.24, 2.45) is 0 Å². The highest BCUT2D eigenvalue weighted by Crippen LogP contribution is 2.37. The van der Waals surface area contributed by atoms with Gasteiger partial charge in [-0.05, 0) is 24.3 Å². The van der Waals surface area contributed by atoms with Crippen LogP contribution in [0.4, 0.5) is 13.2 Å². The number of hydrogen-bond donors (Lipinski definition) is 2. The molecule has 168 valence electrons. The van der Waals surface area contributed by atoms with E-state index >= 15 is 0 Å². The maximum atomic E-state index is 13.0. The molecular weight excluding hydrogens is 492 g/mol. The SMILES string of the molecule is OCC(O)COc1ccc(-c2nnc(-c3cn4cc(C(F)(F)F)cc(Cl)c4n3)s2)c(Cl)c1. The third-order valence-electron chi connectivity index (χ3n) is 4.30. The maximum Gasteiger partial charge on any atom is 0.417 e. The Labute approximate surface area is 192 Å². The van der Waals surface area contributed by atoms with E-state index in [1.165, 1.54) is 16.7 Å². The van der Waals surface area contributed by atoms with Crippen molar-refractivity contribution in [3.63, 3.8) is 0 Å². The molecule has 0 aliphatic carbocycles. The summed E-state index contributed by atoms with van der Waals surface area (Å²) >= 11 is 13.5.